The standard InChI is InChI=1S/C14H11N5O2/c15-13-6-10(19(20)21)7-14(18-13)17-12-3-1-2-9-4-5-16-8-11(9)12/h1-8H,(H3,15,17,18). The molecule has 0 aliphatic rings. The smallest absolute Gasteiger partial charge is 0.276 e. The monoisotopic (exact) mass is 281 g/mol. The van der Waals surface area contributed by atoms with Gasteiger partial charge in [-0.15, -0.1) is 0 Å². The van der Waals surface area contributed by atoms with E-state index in [1.165, 1.54) is 12.1 Å². The number of nitrogens with one attached hydrogen (secondary N) is 1. The van der Waals surface area contributed by atoms with Crippen molar-refractivity contribution in [3.63, 3.8) is 0 Å². The fraction of sp³-hybridized carbons (Fsp3) is 0. The van der Waals surface area contributed by atoms with Crippen molar-refractivity contribution in [3.05, 3.63) is 58.9 Å². The molecule has 0 aliphatic heterocycles. The molecule has 0 bridgehead atoms. The zero-order chi connectivity index (χ0) is 14.8. The first-order valence-corrected chi connectivity index (χ1v) is 6.15. The molecular formula is C14H11N5O2. The average molecular weight is 281 g/mol. The van der Waals surface area contributed by atoms with Crippen molar-refractivity contribution in [1.29, 1.82) is 0 Å². The summed E-state index contributed by atoms with van der Waals surface area (Å²) in [6.45, 7) is 0. The molecule has 0 amide bonds. The van der Waals surface area contributed by atoms with Gasteiger partial charge in [0.15, 0.2) is 0 Å². The number of pyridine rings is 2. The van der Waals surface area contributed by atoms with Crippen LogP contribution in [0.25, 0.3) is 10.8 Å². The molecular weight excluding hydrogens is 270 g/mol. The Morgan fingerprint density at radius 2 is 2.10 bits per heavy atom. The molecule has 0 radical (unpaired) electrons. The molecule has 3 rings (SSSR count). The Kier molecular flexibility index (Phi) is 3.07. The highest BCUT2D eigenvalue weighted by atomic mass is 16.6. The van der Waals surface area contributed by atoms with Gasteiger partial charge in [0, 0.05) is 23.5 Å². The maximum atomic E-state index is 10.9. The molecule has 0 atom stereocenters. The van der Waals surface area contributed by atoms with Crippen molar-refractivity contribution in [3.8, 4) is 0 Å². The first kappa shape index (κ1) is 12.8. The van der Waals surface area contributed by atoms with Gasteiger partial charge in [0.05, 0.1) is 17.1 Å². The van der Waals surface area contributed by atoms with Gasteiger partial charge in [0.2, 0.25) is 0 Å². The second-order valence-electron chi connectivity index (χ2n) is 4.42. The SMILES string of the molecule is Nc1cc([N+](=O)[O-])cc(Nc2cccc3ccncc23)n1. The van der Waals surface area contributed by atoms with Crippen molar-refractivity contribution in [1.82, 2.24) is 9.97 Å². The van der Waals surface area contributed by atoms with Crippen molar-refractivity contribution in [2.45, 2.75) is 0 Å². The Morgan fingerprint density at radius 1 is 1.24 bits per heavy atom. The largest absolute Gasteiger partial charge is 0.383 e. The van der Waals surface area contributed by atoms with Gasteiger partial charge in [-0.25, -0.2) is 4.98 Å². The topological polar surface area (TPSA) is 107 Å². The van der Waals surface area contributed by atoms with Crippen molar-refractivity contribution < 1.29 is 4.92 Å². The van der Waals surface area contributed by atoms with E-state index in [1.54, 1.807) is 12.4 Å². The zero-order valence-corrected chi connectivity index (χ0v) is 10.9. The Hall–Kier alpha value is -3.22. The van der Waals surface area contributed by atoms with Crippen LogP contribution in [-0.2, 0) is 0 Å². The van der Waals surface area contributed by atoms with Crippen molar-refractivity contribution in [2.75, 3.05) is 11.1 Å². The Labute approximate surface area is 119 Å². The first-order valence-electron chi connectivity index (χ1n) is 6.15. The zero-order valence-electron chi connectivity index (χ0n) is 10.9. The summed E-state index contributed by atoms with van der Waals surface area (Å²) in [6.07, 6.45) is 3.42. The molecule has 0 fully saturated rings. The van der Waals surface area contributed by atoms with Gasteiger partial charge in [-0.1, -0.05) is 12.1 Å². The third-order valence-electron chi connectivity index (χ3n) is 2.99. The molecule has 104 valence electrons. The number of aromatic nitrogens is 2. The maximum absolute atomic E-state index is 10.9. The third kappa shape index (κ3) is 2.57. The number of hydrogen-bond acceptors (Lipinski definition) is 6. The molecule has 3 aromatic rings. The fourth-order valence-electron chi connectivity index (χ4n) is 2.07. The predicted molar refractivity (Wildman–Crippen MR) is 80.3 cm³/mol. The lowest BCUT2D eigenvalue weighted by Crippen LogP contribution is -2.00. The summed E-state index contributed by atoms with van der Waals surface area (Å²) >= 11 is 0. The molecule has 2 aromatic heterocycles. The normalized spacial score (nSPS) is 10.5. The van der Waals surface area contributed by atoms with Gasteiger partial charge in [0.1, 0.15) is 11.6 Å². The number of nitrogens with two attached hydrogens (primary N) is 1. The summed E-state index contributed by atoms with van der Waals surface area (Å²) in [7, 11) is 0. The highest BCUT2D eigenvalue weighted by Gasteiger charge is 2.10. The summed E-state index contributed by atoms with van der Waals surface area (Å²) in [6, 6.07) is 10.1. The maximum Gasteiger partial charge on any atom is 0.276 e. The van der Waals surface area contributed by atoms with E-state index in [-0.39, 0.29) is 11.5 Å². The highest BCUT2D eigenvalue weighted by Crippen LogP contribution is 2.27. The summed E-state index contributed by atoms with van der Waals surface area (Å²) < 4.78 is 0. The van der Waals surface area contributed by atoms with Crippen LogP contribution in [0.4, 0.5) is 23.0 Å². The van der Waals surface area contributed by atoms with Crippen LogP contribution in [0.3, 0.4) is 0 Å². The van der Waals surface area contributed by atoms with Crippen LogP contribution >= 0.6 is 0 Å². The highest BCUT2D eigenvalue weighted by molar-refractivity contribution is 5.94. The quantitative estimate of drug-likeness (QED) is 0.564. The first-order chi connectivity index (χ1) is 10.1. The van der Waals surface area contributed by atoms with Crippen LogP contribution in [0.15, 0.2) is 48.8 Å². The number of benzene rings is 1. The van der Waals surface area contributed by atoms with Gasteiger partial charge < -0.3 is 11.1 Å². The Morgan fingerprint density at radius 3 is 2.90 bits per heavy atom. The summed E-state index contributed by atoms with van der Waals surface area (Å²) in [5, 5.41) is 15.8. The number of nitrogens with zero attached hydrogens (tertiary/aromatic N) is 3. The second kappa shape index (κ2) is 5.04. The third-order valence-corrected chi connectivity index (χ3v) is 2.99. The van der Waals surface area contributed by atoms with Crippen LogP contribution in [-0.4, -0.2) is 14.9 Å². The van der Waals surface area contributed by atoms with E-state index in [4.69, 9.17) is 5.73 Å². The van der Waals surface area contributed by atoms with Gasteiger partial charge in [-0.05, 0) is 17.5 Å². The molecule has 0 saturated heterocycles. The lowest BCUT2D eigenvalue weighted by atomic mass is 10.1. The predicted octanol–water partition coefficient (Wildman–Crippen LogP) is 2.86. The molecule has 2 heterocycles. The molecule has 7 heteroatoms. The summed E-state index contributed by atoms with van der Waals surface area (Å²) in [5.41, 5.74) is 6.25. The number of rotatable bonds is 3. The molecule has 7 nitrogen and oxygen atoms in total. The van der Waals surface area contributed by atoms with Crippen molar-refractivity contribution >= 4 is 33.8 Å². The Balaban J connectivity index is 2.05. The number of nitro groups is 1. The molecule has 21 heavy (non-hydrogen) atoms. The van der Waals surface area contributed by atoms with Gasteiger partial charge in [-0.3, -0.25) is 15.1 Å². The molecule has 0 saturated carbocycles. The molecule has 3 N–H and O–H groups in total. The van der Waals surface area contributed by atoms with E-state index >= 15 is 0 Å². The van der Waals surface area contributed by atoms with Crippen LogP contribution in [0, 0.1) is 10.1 Å². The average Bonchev–Trinajstić information content (AvgIpc) is 2.47. The Bertz CT molecular complexity index is 829. The van der Waals surface area contributed by atoms with Crippen LogP contribution in [0.1, 0.15) is 0 Å². The van der Waals surface area contributed by atoms with E-state index < -0.39 is 4.92 Å². The molecule has 0 aliphatic carbocycles. The van der Waals surface area contributed by atoms with Crippen LogP contribution < -0.4 is 11.1 Å². The van der Waals surface area contributed by atoms with Crippen LogP contribution in [0.5, 0.6) is 0 Å². The van der Waals surface area contributed by atoms with Gasteiger partial charge in [0.25, 0.3) is 5.69 Å². The number of anilines is 3. The fourth-order valence-corrected chi connectivity index (χ4v) is 2.07. The van der Waals surface area contributed by atoms with E-state index in [0.717, 1.165) is 16.5 Å². The van der Waals surface area contributed by atoms with Crippen molar-refractivity contribution in [2.24, 2.45) is 0 Å². The van der Waals surface area contributed by atoms with E-state index in [0.29, 0.717) is 5.82 Å². The van der Waals surface area contributed by atoms with E-state index in [9.17, 15) is 10.1 Å². The minimum atomic E-state index is -0.506. The molecule has 1 aromatic carbocycles. The van der Waals surface area contributed by atoms with Crippen LogP contribution in [0.2, 0.25) is 0 Å². The van der Waals surface area contributed by atoms with E-state index in [1.807, 2.05) is 24.3 Å². The molecule has 0 unspecified atom stereocenters. The summed E-state index contributed by atoms with van der Waals surface area (Å²) in [4.78, 5) is 18.5. The molecule has 0 spiro atoms. The number of fused-ring (bicyclic) bond motifs is 1. The number of nitrogen functional groups attached to an aromatic ring is 1. The van der Waals surface area contributed by atoms with Gasteiger partial charge >= 0.3 is 0 Å². The number of hydrogen-bond donors (Lipinski definition) is 2. The summed E-state index contributed by atoms with van der Waals surface area (Å²) in [5.74, 6) is 0.406. The lowest BCUT2D eigenvalue weighted by Gasteiger charge is -2.09. The van der Waals surface area contributed by atoms with Gasteiger partial charge in [-0.2, -0.15) is 0 Å². The minimum Gasteiger partial charge on any atom is -0.383 e. The lowest BCUT2D eigenvalue weighted by molar-refractivity contribution is -0.384. The minimum absolute atomic E-state index is 0.0880. The second-order valence-corrected chi connectivity index (χ2v) is 4.42. The van der Waals surface area contributed by atoms with E-state index in [2.05, 4.69) is 15.3 Å².